The maximum atomic E-state index is 5.56. The molecule has 21 heavy (non-hydrogen) atoms. The molecule has 0 spiro atoms. The highest BCUT2D eigenvalue weighted by Gasteiger charge is 2.12. The van der Waals surface area contributed by atoms with Crippen LogP contribution < -0.4 is 5.32 Å². The van der Waals surface area contributed by atoms with E-state index in [1.807, 2.05) is 6.07 Å². The van der Waals surface area contributed by atoms with E-state index in [1.165, 1.54) is 70.6 Å². The Labute approximate surface area is 131 Å². The highest BCUT2D eigenvalue weighted by atomic mass is 16.3. The molecule has 1 N–H and O–H groups in total. The molecule has 1 atom stereocenters. The van der Waals surface area contributed by atoms with E-state index in [1.54, 1.807) is 6.26 Å². The Hall–Kier alpha value is -0.760. The van der Waals surface area contributed by atoms with Gasteiger partial charge in [0.15, 0.2) is 0 Å². The Morgan fingerprint density at radius 2 is 1.57 bits per heavy atom. The second-order valence-corrected chi connectivity index (χ2v) is 6.14. The molecule has 122 valence electrons. The monoisotopic (exact) mass is 293 g/mol. The van der Waals surface area contributed by atoms with Crippen LogP contribution in [0.3, 0.4) is 0 Å². The SMILES string of the molecule is CCCCCCCCCCCC(NCCC)c1ccco1. The molecule has 0 radical (unpaired) electrons. The Kier molecular flexibility index (Phi) is 11.3. The van der Waals surface area contributed by atoms with Crippen LogP contribution in [-0.4, -0.2) is 6.54 Å². The van der Waals surface area contributed by atoms with Crippen molar-refractivity contribution in [1.82, 2.24) is 5.32 Å². The van der Waals surface area contributed by atoms with Gasteiger partial charge in [0.2, 0.25) is 0 Å². The van der Waals surface area contributed by atoms with Crippen LogP contribution in [0.15, 0.2) is 22.8 Å². The standard InChI is InChI=1S/C19H35NO/c1-3-5-6-7-8-9-10-11-12-14-18(20-16-4-2)19-15-13-17-21-19/h13,15,17-18,20H,3-12,14,16H2,1-2H3. The minimum absolute atomic E-state index is 0.407. The summed E-state index contributed by atoms with van der Waals surface area (Å²) in [5.41, 5.74) is 0. The van der Waals surface area contributed by atoms with Crippen LogP contribution in [0.1, 0.15) is 96.3 Å². The summed E-state index contributed by atoms with van der Waals surface area (Å²) in [5.74, 6) is 1.10. The van der Waals surface area contributed by atoms with Gasteiger partial charge >= 0.3 is 0 Å². The maximum Gasteiger partial charge on any atom is 0.120 e. The van der Waals surface area contributed by atoms with E-state index >= 15 is 0 Å². The van der Waals surface area contributed by atoms with Crippen LogP contribution in [-0.2, 0) is 0 Å². The summed E-state index contributed by atoms with van der Waals surface area (Å²) in [6, 6.07) is 4.50. The van der Waals surface area contributed by atoms with Crippen LogP contribution in [0.2, 0.25) is 0 Å². The van der Waals surface area contributed by atoms with E-state index in [9.17, 15) is 0 Å². The highest BCUT2D eigenvalue weighted by molar-refractivity contribution is 5.04. The van der Waals surface area contributed by atoms with Crippen molar-refractivity contribution in [3.63, 3.8) is 0 Å². The fraction of sp³-hybridized carbons (Fsp3) is 0.789. The zero-order valence-electron chi connectivity index (χ0n) is 14.2. The van der Waals surface area contributed by atoms with Gasteiger partial charge in [-0.1, -0.05) is 71.6 Å². The van der Waals surface area contributed by atoms with Crippen molar-refractivity contribution in [2.45, 2.75) is 90.5 Å². The number of hydrogen-bond donors (Lipinski definition) is 1. The minimum atomic E-state index is 0.407. The second kappa shape index (κ2) is 12.9. The number of furan rings is 1. The molecule has 0 amide bonds. The van der Waals surface area contributed by atoms with Gasteiger partial charge in [0.1, 0.15) is 5.76 Å². The summed E-state index contributed by atoms with van der Waals surface area (Å²) in [6.07, 6.45) is 16.7. The quantitative estimate of drug-likeness (QED) is 0.411. The molecule has 0 aliphatic carbocycles. The second-order valence-electron chi connectivity index (χ2n) is 6.14. The normalized spacial score (nSPS) is 12.7. The third-order valence-corrected chi connectivity index (χ3v) is 4.12. The molecule has 1 rings (SSSR count). The molecular formula is C19H35NO. The molecular weight excluding hydrogens is 258 g/mol. The van der Waals surface area contributed by atoms with Crippen molar-refractivity contribution in [3.8, 4) is 0 Å². The lowest BCUT2D eigenvalue weighted by atomic mass is 10.0. The summed E-state index contributed by atoms with van der Waals surface area (Å²) in [5, 5.41) is 3.60. The minimum Gasteiger partial charge on any atom is -0.468 e. The number of hydrogen-bond acceptors (Lipinski definition) is 2. The van der Waals surface area contributed by atoms with E-state index in [4.69, 9.17) is 4.42 Å². The van der Waals surface area contributed by atoms with Crippen LogP contribution in [0.25, 0.3) is 0 Å². The van der Waals surface area contributed by atoms with Crippen molar-refractivity contribution < 1.29 is 4.42 Å². The summed E-state index contributed by atoms with van der Waals surface area (Å²) in [7, 11) is 0. The van der Waals surface area contributed by atoms with Crippen molar-refractivity contribution in [2.24, 2.45) is 0 Å². The average molecular weight is 293 g/mol. The van der Waals surface area contributed by atoms with Gasteiger partial charge in [0.05, 0.1) is 12.3 Å². The molecule has 1 aromatic heterocycles. The lowest BCUT2D eigenvalue weighted by Crippen LogP contribution is -2.21. The number of unbranched alkanes of at least 4 members (excludes halogenated alkanes) is 8. The smallest absolute Gasteiger partial charge is 0.120 e. The van der Waals surface area contributed by atoms with Gasteiger partial charge in [0.25, 0.3) is 0 Å². The molecule has 0 saturated heterocycles. The van der Waals surface area contributed by atoms with E-state index < -0.39 is 0 Å². The summed E-state index contributed by atoms with van der Waals surface area (Å²) >= 11 is 0. The largest absolute Gasteiger partial charge is 0.468 e. The molecule has 0 aliphatic heterocycles. The molecule has 0 saturated carbocycles. The Morgan fingerprint density at radius 1 is 0.905 bits per heavy atom. The van der Waals surface area contributed by atoms with Gasteiger partial charge in [-0.15, -0.1) is 0 Å². The first kappa shape index (κ1) is 18.3. The van der Waals surface area contributed by atoms with Gasteiger partial charge in [-0.2, -0.15) is 0 Å². The molecule has 2 heteroatoms. The van der Waals surface area contributed by atoms with Crippen molar-refractivity contribution in [3.05, 3.63) is 24.2 Å². The topological polar surface area (TPSA) is 25.2 Å². The lowest BCUT2D eigenvalue weighted by Gasteiger charge is -2.16. The van der Waals surface area contributed by atoms with Crippen LogP contribution in [0.4, 0.5) is 0 Å². The van der Waals surface area contributed by atoms with E-state index in [-0.39, 0.29) is 0 Å². The molecule has 1 heterocycles. The van der Waals surface area contributed by atoms with Crippen LogP contribution in [0, 0.1) is 0 Å². The third-order valence-electron chi connectivity index (χ3n) is 4.12. The first-order valence-corrected chi connectivity index (χ1v) is 9.15. The van der Waals surface area contributed by atoms with Gasteiger partial charge in [-0.25, -0.2) is 0 Å². The number of nitrogens with one attached hydrogen (secondary N) is 1. The average Bonchev–Trinajstić information content (AvgIpc) is 3.02. The highest BCUT2D eigenvalue weighted by Crippen LogP contribution is 2.21. The van der Waals surface area contributed by atoms with Gasteiger partial charge in [0, 0.05) is 0 Å². The first-order chi connectivity index (χ1) is 10.4. The van der Waals surface area contributed by atoms with Crippen molar-refractivity contribution >= 4 is 0 Å². The predicted octanol–water partition coefficient (Wildman–Crippen LogP) is 6.24. The molecule has 1 unspecified atom stereocenters. The van der Waals surface area contributed by atoms with Gasteiger partial charge < -0.3 is 9.73 Å². The predicted molar refractivity (Wildman–Crippen MR) is 91.6 cm³/mol. The van der Waals surface area contributed by atoms with E-state index in [0.717, 1.165) is 12.3 Å². The Bertz CT molecular complexity index is 307. The third kappa shape index (κ3) is 8.98. The Morgan fingerprint density at radius 3 is 2.14 bits per heavy atom. The lowest BCUT2D eigenvalue weighted by molar-refractivity contribution is 0.383. The fourth-order valence-electron chi connectivity index (χ4n) is 2.81. The summed E-state index contributed by atoms with van der Waals surface area (Å²) < 4.78 is 5.56. The molecule has 0 fully saturated rings. The number of rotatable bonds is 14. The van der Waals surface area contributed by atoms with Gasteiger partial charge in [-0.05, 0) is 31.5 Å². The molecule has 0 aliphatic rings. The van der Waals surface area contributed by atoms with E-state index in [2.05, 4.69) is 25.2 Å². The van der Waals surface area contributed by atoms with Crippen molar-refractivity contribution in [1.29, 1.82) is 0 Å². The van der Waals surface area contributed by atoms with E-state index in [0.29, 0.717) is 6.04 Å². The zero-order valence-corrected chi connectivity index (χ0v) is 14.2. The van der Waals surface area contributed by atoms with Crippen LogP contribution >= 0.6 is 0 Å². The fourth-order valence-corrected chi connectivity index (χ4v) is 2.81. The van der Waals surface area contributed by atoms with Crippen LogP contribution in [0.5, 0.6) is 0 Å². The van der Waals surface area contributed by atoms with Gasteiger partial charge in [-0.3, -0.25) is 0 Å². The summed E-state index contributed by atoms with van der Waals surface area (Å²) in [4.78, 5) is 0. The molecule has 0 aromatic carbocycles. The maximum absolute atomic E-state index is 5.56. The Balaban J connectivity index is 2.05. The molecule has 0 bridgehead atoms. The van der Waals surface area contributed by atoms with Crippen molar-refractivity contribution in [2.75, 3.05) is 6.54 Å². The first-order valence-electron chi connectivity index (χ1n) is 9.15. The molecule has 2 nitrogen and oxygen atoms in total. The summed E-state index contributed by atoms with van der Waals surface area (Å²) in [6.45, 7) is 5.57. The zero-order chi connectivity index (χ0) is 15.2. The molecule has 1 aromatic rings.